The van der Waals surface area contributed by atoms with Gasteiger partial charge in [-0.05, 0) is 25.3 Å². The number of hydrogen-bond acceptors (Lipinski definition) is 4. The molecule has 106 valence electrons. The lowest BCUT2D eigenvalue weighted by Gasteiger charge is -2.28. The molecule has 0 aliphatic carbocycles. The van der Waals surface area contributed by atoms with Crippen molar-refractivity contribution in [1.82, 2.24) is 15.1 Å². The monoisotopic (exact) mass is 266 g/mol. The van der Waals surface area contributed by atoms with Gasteiger partial charge in [0.1, 0.15) is 0 Å². The molecule has 1 saturated heterocycles. The van der Waals surface area contributed by atoms with E-state index in [9.17, 15) is 4.79 Å². The largest absolute Gasteiger partial charge is 0.383 e. The van der Waals surface area contributed by atoms with Crippen LogP contribution >= 0.6 is 0 Å². The third-order valence-electron chi connectivity index (χ3n) is 3.48. The standard InChI is InChI=1S/C13H22N4O2/c1-10-4-3-5-14-12(10)13(18)16-11-8-15-17(9-11)6-7-19-2/h8-10,12,14H,3-7H2,1-2H3,(H,16,18). The normalized spacial score (nSPS) is 23.3. The molecule has 0 bridgehead atoms. The predicted molar refractivity (Wildman–Crippen MR) is 72.9 cm³/mol. The zero-order valence-corrected chi connectivity index (χ0v) is 11.6. The first kappa shape index (κ1) is 14.0. The number of anilines is 1. The highest BCUT2D eigenvalue weighted by atomic mass is 16.5. The van der Waals surface area contributed by atoms with Crippen LogP contribution in [0.1, 0.15) is 19.8 Å². The van der Waals surface area contributed by atoms with E-state index in [1.165, 1.54) is 0 Å². The van der Waals surface area contributed by atoms with Gasteiger partial charge in [-0.3, -0.25) is 9.48 Å². The number of carbonyl (C=O) groups excluding carboxylic acids is 1. The van der Waals surface area contributed by atoms with Crippen molar-refractivity contribution in [1.29, 1.82) is 0 Å². The molecule has 2 N–H and O–H groups in total. The maximum absolute atomic E-state index is 12.2. The molecule has 19 heavy (non-hydrogen) atoms. The molecule has 0 spiro atoms. The summed E-state index contributed by atoms with van der Waals surface area (Å²) in [6.45, 7) is 4.31. The predicted octanol–water partition coefficient (Wildman–Crippen LogP) is 0.856. The van der Waals surface area contributed by atoms with Crippen molar-refractivity contribution in [3.63, 3.8) is 0 Å². The van der Waals surface area contributed by atoms with Gasteiger partial charge in [-0.15, -0.1) is 0 Å². The molecule has 0 radical (unpaired) electrons. The van der Waals surface area contributed by atoms with Gasteiger partial charge in [-0.25, -0.2) is 0 Å². The van der Waals surface area contributed by atoms with Gasteiger partial charge in [-0.2, -0.15) is 5.10 Å². The van der Waals surface area contributed by atoms with Crippen molar-refractivity contribution in [2.45, 2.75) is 32.4 Å². The summed E-state index contributed by atoms with van der Waals surface area (Å²) < 4.78 is 6.75. The molecule has 1 fully saturated rings. The summed E-state index contributed by atoms with van der Waals surface area (Å²) in [6, 6.07) is -0.101. The molecule has 1 amide bonds. The zero-order chi connectivity index (χ0) is 13.7. The number of aromatic nitrogens is 2. The summed E-state index contributed by atoms with van der Waals surface area (Å²) >= 11 is 0. The van der Waals surface area contributed by atoms with E-state index in [1.807, 2.05) is 6.20 Å². The second kappa shape index (κ2) is 6.68. The minimum absolute atomic E-state index is 0.0264. The van der Waals surface area contributed by atoms with Crippen molar-refractivity contribution in [2.24, 2.45) is 5.92 Å². The van der Waals surface area contributed by atoms with Crippen LogP contribution in [-0.4, -0.2) is 42.0 Å². The molecular formula is C13H22N4O2. The van der Waals surface area contributed by atoms with E-state index in [2.05, 4.69) is 22.7 Å². The minimum atomic E-state index is -0.101. The van der Waals surface area contributed by atoms with Gasteiger partial charge in [-0.1, -0.05) is 6.92 Å². The molecule has 2 atom stereocenters. The van der Waals surface area contributed by atoms with Crippen LogP contribution in [0.5, 0.6) is 0 Å². The Labute approximate surface area is 113 Å². The summed E-state index contributed by atoms with van der Waals surface area (Å²) in [5, 5.41) is 10.4. The highest BCUT2D eigenvalue weighted by Gasteiger charge is 2.27. The third-order valence-corrected chi connectivity index (χ3v) is 3.48. The third kappa shape index (κ3) is 3.78. The lowest BCUT2D eigenvalue weighted by Crippen LogP contribution is -2.48. The average Bonchev–Trinajstić information content (AvgIpc) is 2.84. The number of amides is 1. The summed E-state index contributed by atoms with van der Waals surface area (Å²) in [5.41, 5.74) is 0.737. The van der Waals surface area contributed by atoms with Gasteiger partial charge in [0.25, 0.3) is 0 Å². The van der Waals surface area contributed by atoms with Crippen molar-refractivity contribution in [2.75, 3.05) is 25.6 Å². The lowest BCUT2D eigenvalue weighted by molar-refractivity contribution is -0.119. The molecule has 2 unspecified atom stereocenters. The van der Waals surface area contributed by atoms with E-state index in [-0.39, 0.29) is 11.9 Å². The van der Waals surface area contributed by atoms with Crippen LogP contribution in [0.2, 0.25) is 0 Å². The summed E-state index contributed by atoms with van der Waals surface area (Å²) in [5.74, 6) is 0.399. The van der Waals surface area contributed by atoms with E-state index in [0.29, 0.717) is 19.1 Å². The number of rotatable bonds is 5. The maximum atomic E-state index is 12.2. The van der Waals surface area contributed by atoms with Gasteiger partial charge < -0.3 is 15.4 Å². The van der Waals surface area contributed by atoms with Gasteiger partial charge in [0.2, 0.25) is 5.91 Å². The first-order valence-corrected chi connectivity index (χ1v) is 6.76. The molecule has 1 aromatic heterocycles. The summed E-state index contributed by atoms with van der Waals surface area (Å²) in [4.78, 5) is 12.2. The topological polar surface area (TPSA) is 68.2 Å². The number of ether oxygens (including phenoxy) is 1. The molecule has 1 aliphatic rings. The zero-order valence-electron chi connectivity index (χ0n) is 11.6. The Balaban J connectivity index is 1.89. The van der Waals surface area contributed by atoms with Crippen molar-refractivity contribution < 1.29 is 9.53 Å². The van der Waals surface area contributed by atoms with Gasteiger partial charge in [0.15, 0.2) is 0 Å². The molecule has 1 aliphatic heterocycles. The lowest BCUT2D eigenvalue weighted by atomic mass is 9.92. The van der Waals surface area contributed by atoms with E-state index >= 15 is 0 Å². The fourth-order valence-corrected chi connectivity index (χ4v) is 2.36. The van der Waals surface area contributed by atoms with Crippen molar-refractivity contribution >= 4 is 11.6 Å². The van der Waals surface area contributed by atoms with Gasteiger partial charge >= 0.3 is 0 Å². The van der Waals surface area contributed by atoms with E-state index < -0.39 is 0 Å². The Kier molecular flexibility index (Phi) is 4.93. The van der Waals surface area contributed by atoms with Crippen LogP contribution in [-0.2, 0) is 16.1 Å². The maximum Gasteiger partial charge on any atom is 0.241 e. The van der Waals surface area contributed by atoms with Crippen LogP contribution in [0.3, 0.4) is 0 Å². The molecule has 0 aromatic carbocycles. The molecular weight excluding hydrogens is 244 g/mol. The van der Waals surface area contributed by atoms with E-state index in [1.54, 1.807) is 18.0 Å². The molecule has 1 aromatic rings. The SMILES string of the molecule is COCCn1cc(NC(=O)C2NCCCC2C)cn1. The molecule has 2 rings (SSSR count). The molecule has 0 saturated carbocycles. The van der Waals surface area contributed by atoms with Crippen LogP contribution in [0, 0.1) is 5.92 Å². The number of nitrogens with one attached hydrogen (secondary N) is 2. The second-order valence-corrected chi connectivity index (χ2v) is 5.03. The van der Waals surface area contributed by atoms with Crippen LogP contribution in [0.25, 0.3) is 0 Å². The molecule has 6 nitrogen and oxygen atoms in total. The van der Waals surface area contributed by atoms with E-state index in [0.717, 1.165) is 25.1 Å². The first-order chi connectivity index (χ1) is 9.20. The van der Waals surface area contributed by atoms with Crippen molar-refractivity contribution in [3.05, 3.63) is 12.4 Å². The van der Waals surface area contributed by atoms with Gasteiger partial charge in [0, 0.05) is 13.3 Å². The highest BCUT2D eigenvalue weighted by Crippen LogP contribution is 2.17. The smallest absolute Gasteiger partial charge is 0.241 e. The fourth-order valence-electron chi connectivity index (χ4n) is 2.36. The van der Waals surface area contributed by atoms with E-state index in [4.69, 9.17) is 4.74 Å². The number of carbonyl (C=O) groups is 1. The van der Waals surface area contributed by atoms with Crippen LogP contribution in [0.4, 0.5) is 5.69 Å². The summed E-state index contributed by atoms with van der Waals surface area (Å²) in [6.07, 6.45) is 5.73. The fraction of sp³-hybridized carbons (Fsp3) is 0.692. The minimum Gasteiger partial charge on any atom is -0.383 e. The quantitative estimate of drug-likeness (QED) is 0.829. The highest BCUT2D eigenvalue weighted by molar-refractivity contribution is 5.94. The van der Waals surface area contributed by atoms with Crippen molar-refractivity contribution in [3.8, 4) is 0 Å². The summed E-state index contributed by atoms with van der Waals surface area (Å²) in [7, 11) is 1.66. The Morgan fingerprint density at radius 3 is 3.26 bits per heavy atom. The van der Waals surface area contributed by atoms with Crippen LogP contribution < -0.4 is 10.6 Å². The number of piperidine rings is 1. The molecule has 2 heterocycles. The second-order valence-electron chi connectivity index (χ2n) is 5.03. The number of nitrogens with zero attached hydrogens (tertiary/aromatic N) is 2. The Hall–Kier alpha value is -1.40. The van der Waals surface area contributed by atoms with Gasteiger partial charge in [0.05, 0.1) is 31.1 Å². The molecule has 6 heteroatoms. The van der Waals surface area contributed by atoms with Crippen LogP contribution in [0.15, 0.2) is 12.4 Å². The Morgan fingerprint density at radius 2 is 2.53 bits per heavy atom. The number of hydrogen-bond donors (Lipinski definition) is 2. The Morgan fingerprint density at radius 1 is 1.68 bits per heavy atom. The Bertz CT molecular complexity index is 419. The number of methoxy groups -OCH3 is 1. The average molecular weight is 266 g/mol. The first-order valence-electron chi connectivity index (χ1n) is 6.76.